The molecule has 0 fully saturated rings. The molecule has 0 radical (unpaired) electrons. The largest absolute Gasteiger partial charge is 0.322 e. The Balaban J connectivity index is 1.75. The van der Waals surface area contributed by atoms with Crippen molar-refractivity contribution in [3.63, 3.8) is 0 Å². The van der Waals surface area contributed by atoms with E-state index in [1.165, 1.54) is 0 Å². The van der Waals surface area contributed by atoms with Crippen LogP contribution >= 0.6 is 22.6 Å². The number of benzene rings is 2. The Morgan fingerprint density at radius 2 is 1.77 bits per heavy atom. The third-order valence-electron chi connectivity index (χ3n) is 3.13. The SMILES string of the molecule is Cn1nnnc1-c1ccc(NC(=O)c2ccc(I)cc2)cc1. The second-order valence-electron chi connectivity index (χ2n) is 4.66. The van der Waals surface area contributed by atoms with Gasteiger partial charge in [0.25, 0.3) is 5.91 Å². The molecule has 6 nitrogen and oxygen atoms in total. The molecule has 0 unspecified atom stereocenters. The number of amides is 1. The Morgan fingerprint density at radius 1 is 1.09 bits per heavy atom. The van der Waals surface area contributed by atoms with Crippen LogP contribution in [-0.2, 0) is 7.05 Å². The zero-order chi connectivity index (χ0) is 15.5. The molecule has 1 N–H and O–H groups in total. The molecule has 1 amide bonds. The van der Waals surface area contributed by atoms with Gasteiger partial charge in [-0.25, -0.2) is 4.68 Å². The molecular formula is C15H12IN5O. The first-order valence-electron chi connectivity index (χ1n) is 6.53. The Labute approximate surface area is 140 Å². The van der Waals surface area contributed by atoms with E-state index in [-0.39, 0.29) is 5.91 Å². The third kappa shape index (κ3) is 3.14. The minimum atomic E-state index is -0.135. The standard InChI is InChI=1S/C15H12IN5O/c1-21-14(18-19-20-21)10-4-8-13(9-5-10)17-15(22)11-2-6-12(16)7-3-11/h2-9H,1H3,(H,17,22). The molecule has 3 rings (SSSR count). The molecule has 22 heavy (non-hydrogen) atoms. The van der Waals surface area contributed by atoms with Crippen molar-refractivity contribution in [1.82, 2.24) is 20.2 Å². The lowest BCUT2D eigenvalue weighted by Gasteiger charge is -2.06. The van der Waals surface area contributed by atoms with Crippen molar-refractivity contribution in [3.8, 4) is 11.4 Å². The highest BCUT2D eigenvalue weighted by atomic mass is 127. The molecule has 3 aromatic rings. The lowest BCUT2D eigenvalue weighted by Crippen LogP contribution is -2.11. The molecule has 0 aliphatic heterocycles. The van der Waals surface area contributed by atoms with Crippen LogP contribution in [0, 0.1) is 3.57 Å². The van der Waals surface area contributed by atoms with Crippen molar-refractivity contribution in [3.05, 3.63) is 57.7 Å². The molecule has 0 saturated heterocycles. The number of anilines is 1. The second kappa shape index (κ2) is 6.22. The Bertz CT molecular complexity index is 796. The number of aromatic nitrogens is 4. The number of nitrogens with one attached hydrogen (secondary N) is 1. The van der Waals surface area contributed by atoms with E-state index in [1.54, 1.807) is 23.9 Å². The summed E-state index contributed by atoms with van der Waals surface area (Å²) in [5.74, 6) is 0.542. The molecule has 0 atom stereocenters. The molecule has 1 aromatic heterocycles. The minimum Gasteiger partial charge on any atom is -0.322 e. The van der Waals surface area contributed by atoms with Crippen LogP contribution in [0.15, 0.2) is 48.5 Å². The molecule has 0 aliphatic carbocycles. The van der Waals surface area contributed by atoms with Crippen molar-refractivity contribution < 1.29 is 4.79 Å². The summed E-state index contributed by atoms with van der Waals surface area (Å²) in [6.45, 7) is 0. The van der Waals surface area contributed by atoms with Crippen molar-refractivity contribution >= 4 is 34.2 Å². The monoisotopic (exact) mass is 405 g/mol. The van der Waals surface area contributed by atoms with Gasteiger partial charge in [-0.2, -0.15) is 0 Å². The molecule has 1 heterocycles. The van der Waals surface area contributed by atoms with Gasteiger partial charge in [0.1, 0.15) is 0 Å². The van der Waals surface area contributed by atoms with Crippen molar-refractivity contribution in [2.75, 3.05) is 5.32 Å². The highest BCUT2D eigenvalue weighted by molar-refractivity contribution is 14.1. The summed E-state index contributed by atoms with van der Waals surface area (Å²) in [5.41, 5.74) is 2.24. The van der Waals surface area contributed by atoms with Gasteiger partial charge >= 0.3 is 0 Å². The predicted molar refractivity (Wildman–Crippen MR) is 91.3 cm³/mol. The zero-order valence-corrected chi connectivity index (χ0v) is 13.9. The van der Waals surface area contributed by atoms with Gasteiger partial charge in [-0.1, -0.05) is 0 Å². The fraction of sp³-hybridized carbons (Fsp3) is 0.0667. The average Bonchev–Trinajstić information content (AvgIpc) is 2.95. The fourth-order valence-electron chi connectivity index (χ4n) is 1.98. The molecule has 2 aromatic carbocycles. The van der Waals surface area contributed by atoms with E-state index in [1.807, 2.05) is 36.4 Å². The summed E-state index contributed by atoms with van der Waals surface area (Å²) in [7, 11) is 1.78. The smallest absolute Gasteiger partial charge is 0.255 e. The number of carbonyl (C=O) groups is 1. The van der Waals surface area contributed by atoms with Gasteiger partial charge in [-0.15, -0.1) is 5.10 Å². The highest BCUT2D eigenvalue weighted by Gasteiger charge is 2.08. The Morgan fingerprint density at radius 3 is 2.36 bits per heavy atom. The summed E-state index contributed by atoms with van der Waals surface area (Å²) in [6, 6.07) is 14.8. The quantitative estimate of drug-likeness (QED) is 0.681. The van der Waals surface area contributed by atoms with E-state index in [2.05, 4.69) is 43.4 Å². The molecule has 0 aliphatic rings. The van der Waals surface area contributed by atoms with Crippen LogP contribution in [0.25, 0.3) is 11.4 Å². The molecule has 0 bridgehead atoms. The lowest BCUT2D eigenvalue weighted by molar-refractivity contribution is 0.102. The van der Waals surface area contributed by atoms with Crippen LogP contribution in [0.1, 0.15) is 10.4 Å². The van der Waals surface area contributed by atoms with E-state index in [9.17, 15) is 4.79 Å². The average molecular weight is 405 g/mol. The van der Waals surface area contributed by atoms with Crippen LogP contribution < -0.4 is 5.32 Å². The van der Waals surface area contributed by atoms with E-state index in [0.717, 1.165) is 14.8 Å². The van der Waals surface area contributed by atoms with Crippen molar-refractivity contribution in [1.29, 1.82) is 0 Å². The maximum Gasteiger partial charge on any atom is 0.255 e. The minimum absolute atomic E-state index is 0.135. The maximum absolute atomic E-state index is 12.1. The highest BCUT2D eigenvalue weighted by Crippen LogP contribution is 2.18. The maximum atomic E-state index is 12.1. The molecule has 7 heteroatoms. The normalized spacial score (nSPS) is 10.5. The van der Waals surface area contributed by atoms with Gasteiger partial charge in [-0.05, 0) is 81.5 Å². The van der Waals surface area contributed by atoms with Crippen molar-refractivity contribution in [2.45, 2.75) is 0 Å². The van der Waals surface area contributed by atoms with Gasteiger partial charge < -0.3 is 5.32 Å². The topological polar surface area (TPSA) is 72.7 Å². The van der Waals surface area contributed by atoms with Crippen molar-refractivity contribution in [2.24, 2.45) is 7.05 Å². The van der Waals surface area contributed by atoms with Crippen LogP contribution in [-0.4, -0.2) is 26.1 Å². The number of tetrazole rings is 1. The Kier molecular flexibility index (Phi) is 4.14. The summed E-state index contributed by atoms with van der Waals surface area (Å²) in [5, 5.41) is 14.2. The number of hydrogen-bond acceptors (Lipinski definition) is 4. The van der Waals surface area contributed by atoms with Gasteiger partial charge in [-0.3, -0.25) is 4.79 Å². The van der Waals surface area contributed by atoms with Gasteiger partial charge in [0, 0.05) is 27.4 Å². The lowest BCUT2D eigenvalue weighted by atomic mass is 10.1. The molecule has 0 saturated carbocycles. The van der Waals surface area contributed by atoms with Gasteiger partial charge in [0.05, 0.1) is 0 Å². The number of rotatable bonds is 3. The van der Waals surface area contributed by atoms with Crippen LogP contribution in [0.2, 0.25) is 0 Å². The predicted octanol–water partition coefficient (Wildman–Crippen LogP) is 2.73. The van der Waals surface area contributed by atoms with Crippen LogP contribution in [0.3, 0.4) is 0 Å². The first-order valence-corrected chi connectivity index (χ1v) is 7.61. The first kappa shape index (κ1) is 14.6. The van der Waals surface area contributed by atoms with E-state index in [4.69, 9.17) is 0 Å². The summed E-state index contributed by atoms with van der Waals surface area (Å²) < 4.78 is 2.69. The number of halogens is 1. The van der Waals surface area contributed by atoms with Crippen LogP contribution in [0.4, 0.5) is 5.69 Å². The van der Waals surface area contributed by atoms with Gasteiger partial charge in [0.15, 0.2) is 5.82 Å². The molecule has 0 spiro atoms. The molecule has 110 valence electrons. The second-order valence-corrected chi connectivity index (χ2v) is 5.91. The van der Waals surface area contributed by atoms with E-state index in [0.29, 0.717) is 11.4 Å². The zero-order valence-electron chi connectivity index (χ0n) is 11.7. The summed E-state index contributed by atoms with van der Waals surface area (Å²) in [4.78, 5) is 12.1. The number of carbonyl (C=O) groups excluding carboxylic acids is 1. The number of aryl methyl sites for hydroxylation is 1. The summed E-state index contributed by atoms with van der Waals surface area (Å²) in [6.07, 6.45) is 0. The molecular weight excluding hydrogens is 393 g/mol. The first-order chi connectivity index (χ1) is 10.6. The third-order valence-corrected chi connectivity index (χ3v) is 3.85. The van der Waals surface area contributed by atoms with E-state index >= 15 is 0 Å². The van der Waals surface area contributed by atoms with E-state index < -0.39 is 0 Å². The number of hydrogen-bond donors (Lipinski definition) is 1. The number of nitrogens with zero attached hydrogens (tertiary/aromatic N) is 4. The van der Waals surface area contributed by atoms with Crippen LogP contribution in [0.5, 0.6) is 0 Å². The summed E-state index contributed by atoms with van der Waals surface area (Å²) >= 11 is 2.20. The van der Waals surface area contributed by atoms with Gasteiger partial charge in [0.2, 0.25) is 0 Å². The fourth-order valence-corrected chi connectivity index (χ4v) is 2.34. The Hall–Kier alpha value is -2.29.